The van der Waals surface area contributed by atoms with Gasteiger partial charge in [-0.3, -0.25) is 14.3 Å². The zero-order valence-electron chi connectivity index (χ0n) is 14.0. The highest BCUT2D eigenvalue weighted by atomic mass is 35.5. The summed E-state index contributed by atoms with van der Waals surface area (Å²) in [5.74, 6) is 0.0297. The predicted molar refractivity (Wildman–Crippen MR) is 95.2 cm³/mol. The van der Waals surface area contributed by atoms with E-state index < -0.39 is 11.7 Å². The number of benzene rings is 1. The standard InChI is InChI=1S/C17H16Cl2F3N3O2/c18-13-2-1-11(17(20,21)22)7-14(13)27-12-3-5-24(6-4-12)10-25-9-15(19)23-8-16(25)26/h1-2,7-9,12H,3-6,10H2. The molecular formula is C17H16Cl2F3N3O2. The maximum absolute atomic E-state index is 12.9. The van der Waals surface area contributed by atoms with Crippen LogP contribution in [0.5, 0.6) is 5.75 Å². The number of piperidine rings is 1. The molecule has 146 valence electrons. The van der Waals surface area contributed by atoms with Gasteiger partial charge in [0.25, 0.3) is 5.56 Å². The molecule has 10 heteroatoms. The molecule has 1 aromatic heterocycles. The summed E-state index contributed by atoms with van der Waals surface area (Å²) in [6.07, 6.45) is -0.881. The number of alkyl halides is 3. The number of halogens is 5. The van der Waals surface area contributed by atoms with Crippen LogP contribution in [0.15, 0.2) is 35.4 Å². The van der Waals surface area contributed by atoms with Crippen LogP contribution in [0.25, 0.3) is 0 Å². The summed E-state index contributed by atoms with van der Waals surface area (Å²) in [7, 11) is 0. The maximum atomic E-state index is 12.9. The number of ether oxygens (including phenoxy) is 1. The molecule has 0 unspecified atom stereocenters. The summed E-state index contributed by atoms with van der Waals surface area (Å²) >= 11 is 11.8. The van der Waals surface area contributed by atoms with Crippen molar-refractivity contribution < 1.29 is 17.9 Å². The largest absolute Gasteiger partial charge is 0.489 e. The second kappa shape index (κ2) is 8.08. The van der Waals surface area contributed by atoms with Crippen molar-refractivity contribution in [3.63, 3.8) is 0 Å². The van der Waals surface area contributed by atoms with E-state index in [0.29, 0.717) is 32.6 Å². The van der Waals surface area contributed by atoms with Crippen LogP contribution in [0.2, 0.25) is 10.2 Å². The summed E-state index contributed by atoms with van der Waals surface area (Å²) in [5, 5.41) is 0.371. The Bertz CT molecular complexity index is 865. The monoisotopic (exact) mass is 421 g/mol. The fourth-order valence-electron chi connectivity index (χ4n) is 2.86. The van der Waals surface area contributed by atoms with E-state index in [1.54, 1.807) is 0 Å². The highest BCUT2D eigenvalue weighted by Gasteiger charge is 2.31. The molecular weight excluding hydrogens is 406 g/mol. The first-order valence-electron chi connectivity index (χ1n) is 8.20. The molecule has 1 aliphatic rings. The lowest BCUT2D eigenvalue weighted by atomic mass is 10.1. The van der Waals surface area contributed by atoms with Crippen molar-refractivity contribution in [2.75, 3.05) is 13.1 Å². The van der Waals surface area contributed by atoms with Crippen LogP contribution < -0.4 is 10.3 Å². The molecule has 1 saturated heterocycles. The van der Waals surface area contributed by atoms with Gasteiger partial charge >= 0.3 is 6.18 Å². The molecule has 0 atom stereocenters. The number of rotatable bonds is 4. The molecule has 3 rings (SSSR count). The Balaban J connectivity index is 1.60. The molecule has 0 radical (unpaired) electrons. The third-order valence-corrected chi connectivity index (χ3v) is 4.79. The lowest BCUT2D eigenvalue weighted by Gasteiger charge is -2.32. The average Bonchev–Trinajstić information content (AvgIpc) is 2.61. The third kappa shape index (κ3) is 5.15. The first kappa shape index (κ1) is 20.0. The molecule has 5 nitrogen and oxygen atoms in total. The Hall–Kier alpha value is -1.77. The quantitative estimate of drug-likeness (QED) is 0.746. The van der Waals surface area contributed by atoms with E-state index in [1.165, 1.54) is 16.8 Å². The number of likely N-dealkylation sites (tertiary alicyclic amines) is 1. The van der Waals surface area contributed by atoms with E-state index in [1.807, 2.05) is 4.90 Å². The minimum atomic E-state index is -4.45. The summed E-state index contributed by atoms with van der Waals surface area (Å²) in [5.41, 5.74) is -1.05. The van der Waals surface area contributed by atoms with Gasteiger partial charge in [-0.15, -0.1) is 0 Å². The van der Waals surface area contributed by atoms with Crippen molar-refractivity contribution >= 4 is 23.2 Å². The molecule has 0 saturated carbocycles. The number of hydrogen-bond donors (Lipinski definition) is 0. The summed E-state index contributed by atoms with van der Waals surface area (Å²) in [6, 6.07) is 3.04. The minimum absolute atomic E-state index is 0.0297. The normalized spacial score (nSPS) is 16.5. The van der Waals surface area contributed by atoms with Gasteiger partial charge in [-0.05, 0) is 31.0 Å². The average molecular weight is 422 g/mol. The van der Waals surface area contributed by atoms with Gasteiger partial charge in [-0.1, -0.05) is 23.2 Å². The maximum Gasteiger partial charge on any atom is 0.416 e. The Labute approximate surface area is 163 Å². The molecule has 2 aromatic rings. The number of aromatic nitrogens is 2. The second-order valence-electron chi connectivity index (χ2n) is 6.24. The van der Waals surface area contributed by atoms with Gasteiger partial charge in [0.05, 0.1) is 23.5 Å². The van der Waals surface area contributed by atoms with Gasteiger partial charge < -0.3 is 4.74 Å². The van der Waals surface area contributed by atoms with E-state index in [9.17, 15) is 18.0 Å². The topological polar surface area (TPSA) is 47.4 Å². The fourth-order valence-corrected chi connectivity index (χ4v) is 3.19. The minimum Gasteiger partial charge on any atom is -0.489 e. The van der Waals surface area contributed by atoms with Crippen molar-refractivity contribution in [3.05, 3.63) is 56.7 Å². The predicted octanol–water partition coefficient (Wildman–Crippen LogP) is 4.07. The van der Waals surface area contributed by atoms with Crippen molar-refractivity contribution in [2.45, 2.75) is 31.8 Å². The lowest BCUT2D eigenvalue weighted by molar-refractivity contribution is -0.137. The zero-order valence-corrected chi connectivity index (χ0v) is 15.6. The van der Waals surface area contributed by atoms with Crippen LogP contribution in [0.1, 0.15) is 18.4 Å². The van der Waals surface area contributed by atoms with Gasteiger partial charge in [0.2, 0.25) is 0 Å². The van der Waals surface area contributed by atoms with E-state index in [4.69, 9.17) is 27.9 Å². The number of nitrogens with zero attached hydrogens (tertiary/aromatic N) is 3. The molecule has 27 heavy (non-hydrogen) atoms. The first-order chi connectivity index (χ1) is 12.7. The number of hydrogen-bond acceptors (Lipinski definition) is 4. The lowest BCUT2D eigenvalue weighted by Crippen LogP contribution is -2.41. The van der Waals surface area contributed by atoms with Crippen LogP contribution in [-0.2, 0) is 12.8 Å². The highest BCUT2D eigenvalue weighted by molar-refractivity contribution is 6.32. The van der Waals surface area contributed by atoms with Crippen molar-refractivity contribution in [1.82, 2.24) is 14.5 Å². The summed E-state index contributed by atoms with van der Waals surface area (Å²) < 4.78 is 45.7. The van der Waals surface area contributed by atoms with E-state index in [2.05, 4.69) is 4.98 Å². The van der Waals surface area contributed by atoms with E-state index in [0.717, 1.165) is 18.3 Å². The van der Waals surface area contributed by atoms with Gasteiger partial charge in [0.15, 0.2) is 0 Å². The molecule has 0 amide bonds. The van der Waals surface area contributed by atoms with E-state index >= 15 is 0 Å². The Kier molecular flexibility index (Phi) is 5.98. The zero-order chi connectivity index (χ0) is 19.6. The third-order valence-electron chi connectivity index (χ3n) is 4.28. The van der Waals surface area contributed by atoms with Gasteiger partial charge in [0.1, 0.15) is 17.0 Å². The van der Waals surface area contributed by atoms with Crippen molar-refractivity contribution in [2.24, 2.45) is 0 Å². The van der Waals surface area contributed by atoms with Gasteiger partial charge in [0, 0.05) is 19.3 Å². The van der Waals surface area contributed by atoms with Crippen molar-refractivity contribution in [3.8, 4) is 5.75 Å². The molecule has 1 fully saturated rings. The van der Waals surface area contributed by atoms with Gasteiger partial charge in [-0.25, -0.2) is 4.98 Å². The molecule has 0 bridgehead atoms. The Morgan fingerprint density at radius 2 is 1.93 bits per heavy atom. The molecule has 1 aromatic carbocycles. The summed E-state index contributed by atoms with van der Waals surface area (Å²) in [4.78, 5) is 17.5. The molecule has 0 N–H and O–H groups in total. The van der Waals surface area contributed by atoms with Crippen LogP contribution >= 0.6 is 23.2 Å². The van der Waals surface area contributed by atoms with Crippen LogP contribution in [0, 0.1) is 0 Å². The molecule has 1 aliphatic heterocycles. The fraction of sp³-hybridized carbons (Fsp3) is 0.412. The smallest absolute Gasteiger partial charge is 0.416 e. The Morgan fingerprint density at radius 1 is 1.22 bits per heavy atom. The highest BCUT2D eigenvalue weighted by Crippen LogP contribution is 2.35. The second-order valence-corrected chi connectivity index (χ2v) is 7.03. The summed E-state index contributed by atoms with van der Waals surface area (Å²) in [6.45, 7) is 1.60. The Morgan fingerprint density at radius 3 is 2.59 bits per heavy atom. The molecule has 0 aliphatic carbocycles. The molecule has 0 spiro atoms. The van der Waals surface area contributed by atoms with Crippen molar-refractivity contribution in [1.29, 1.82) is 0 Å². The molecule has 2 heterocycles. The van der Waals surface area contributed by atoms with Crippen LogP contribution in [0.3, 0.4) is 0 Å². The van der Waals surface area contributed by atoms with E-state index in [-0.39, 0.29) is 27.6 Å². The van der Waals surface area contributed by atoms with Crippen LogP contribution in [0.4, 0.5) is 13.2 Å². The van der Waals surface area contributed by atoms with Gasteiger partial charge in [-0.2, -0.15) is 13.2 Å². The first-order valence-corrected chi connectivity index (χ1v) is 8.96. The SMILES string of the molecule is O=c1cnc(Cl)cn1CN1CCC(Oc2cc(C(F)(F)F)ccc2Cl)CC1. The van der Waals surface area contributed by atoms with Crippen LogP contribution in [-0.4, -0.2) is 33.6 Å².